The average Bonchev–Trinajstić information content (AvgIpc) is 3.25. The smallest absolute Gasteiger partial charge is 0.274 e. The second kappa shape index (κ2) is 9.31. The molecule has 0 bridgehead atoms. The van der Waals surface area contributed by atoms with E-state index < -0.39 is 0 Å². The highest BCUT2D eigenvalue weighted by atomic mass is 19.1. The number of imidazole rings is 1. The first-order valence-electron chi connectivity index (χ1n) is 11.4. The monoisotopic (exact) mass is 449 g/mol. The van der Waals surface area contributed by atoms with E-state index in [0.717, 1.165) is 49.3 Å². The van der Waals surface area contributed by atoms with Crippen molar-refractivity contribution in [1.82, 2.24) is 19.4 Å². The number of pyridine rings is 1. The lowest BCUT2D eigenvalue weighted by Gasteiger charge is -2.37. The summed E-state index contributed by atoms with van der Waals surface area (Å²) < 4.78 is 21.9. The van der Waals surface area contributed by atoms with Gasteiger partial charge in [0, 0.05) is 56.2 Å². The van der Waals surface area contributed by atoms with Gasteiger partial charge in [0.15, 0.2) is 0 Å². The predicted molar refractivity (Wildman–Crippen MR) is 123 cm³/mol. The van der Waals surface area contributed by atoms with E-state index in [1.165, 1.54) is 6.07 Å². The standard InChI is InChI=1S/C25H28FN5O2/c1-29-16-23(28-17-29)25(32)31(20-3-2-4-20)15-18-5-7-22(26)21(13-18)19-6-8-24(27-14-19)30-9-11-33-12-10-30/h5-8,13-14,16-17,20H,2-4,9-12,15H2,1H3. The van der Waals surface area contributed by atoms with Gasteiger partial charge in [-0.1, -0.05) is 6.07 Å². The van der Waals surface area contributed by atoms with Crippen molar-refractivity contribution in [1.29, 1.82) is 0 Å². The number of amides is 1. The summed E-state index contributed by atoms with van der Waals surface area (Å²) in [7, 11) is 1.85. The lowest BCUT2D eigenvalue weighted by atomic mass is 9.90. The van der Waals surface area contributed by atoms with Crippen molar-refractivity contribution in [3.05, 3.63) is 66.1 Å². The van der Waals surface area contributed by atoms with Crippen molar-refractivity contribution >= 4 is 11.7 Å². The Morgan fingerprint density at radius 2 is 2.00 bits per heavy atom. The van der Waals surface area contributed by atoms with Gasteiger partial charge in [-0.15, -0.1) is 0 Å². The molecule has 5 rings (SSSR count). The third kappa shape index (κ3) is 4.61. The number of nitrogens with zero attached hydrogens (tertiary/aromatic N) is 5. The van der Waals surface area contributed by atoms with E-state index in [1.807, 2.05) is 30.1 Å². The first-order chi connectivity index (χ1) is 16.1. The number of rotatable bonds is 6. The van der Waals surface area contributed by atoms with E-state index >= 15 is 0 Å². The molecular weight excluding hydrogens is 421 g/mol. The summed E-state index contributed by atoms with van der Waals surface area (Å²) >= 11 is 0. The summed E-state index contributed by atoms with van der Waals surface area (Å²) in [4.78, 5) is 26.0. The summed E-state index contributed by atoms with van der Waals surface area (Å²) in [6.45, 7) is 3.41. The molecule has 0 spiro atoms. The van der Waals surface area contributed by atoms with Crippen molar-refractivity contribution in [3.63, 3.8) is 0 Å². The molecule has 172 valence electrons. The van der Waals surface area contributed by atoms with Gasteiger partial charge in [0.2, 0.25) is 0 Å². The maximum Gasteiger partial charge on any atom is 0.274 e. The van der Waals surface area contributed by atoms with Crippen LogP contribution in [0.15, 0.2) is 49.1 Å². The summed E-state index contributed by atoms with van der Waals surface area (Å²) in [6.07, 6.45) is 8.18. The van der Waals surface area contributed by atoms with Gasteiger partial charge in [-0.2, -0.15) is 0 Å². The van der Waals surface area contributed by atoms with Gasteiger partial charge in [-0.25, -0.2) is 14.4 Å². The van der Waals surface area contributed by atoms with Gasteiger partial charge in [-0.3, -0.25) is 4.79 Å². The van der Waals surface area contributed by atoms with Gasteiger partial charge < -0.3 is 19.1 Å². The Hall–Kier alpha value is -3.26. The first kappa shape index (κ1) is 21.6. The third-order valence-corrected chi connectivity index (χ3v) is 6.48. The van der Waals surface area contributed by atoms with Gasteiger partial charge >= 0.3 is 0 Å². The summed E-state index contributed by atoms with van der Waals surface area (Å²) in [5.41, 5.74) is 2.54. The van der Waals surface area contributed by atoms with Crippen LogP contribution >= 0.6 is 0 Å². The van der Waals surface area contributed by atoms with Crippen LogP contribution in [0.5, 0.6) is 0 Å². The van der Waals surface area contributed by atoms with Crippen molar-refractivity contribution < 1.29 is 13.9 Å². The third-order valence-electron chi connectivity index (χ3n) is 6.48. The number of halogens is 1. The van der Waals surface area contributed by atoms with E-state index in [-0.39, 0.29) is 17.8 Å². The number of aryl methyl sites for hydroxylation is 1. The highest BCUT2D eigenvalue weighted by Gasteiger charge is 2.30. The van der Waals surface area contributed by atoms with Crippen LogP contribution in [0.1, 0.15) is 35.3 Å². The molecule has 0 N–H and O–H groups in total. The van der Waals surface area contributed by atoms with E-state index in [0.29, 0.717) is 31.0 Å². The Labute approximate surface area is 192 Å². The molecule has 33 heavy (non-hydrogen) atoms. The van der Waals surface area contributed by atoms with Crippen LogP contribution in [0, 0.1) is 5.82 Å². The highest BCUT2D eigenvalue weighted by Crippen LogP contribution is 2.30. The van der Waals surface area contributed by atoms with Crippen LogP contribution in [0.4, 0.5) is 10.2 Å². The molecule has 3 aromatic rings. The van der Waals surface area contributed by atoms with E-state index in [1.54, 1.807) is 29.4 Å². The summed E-state index contributed by atoms with van der Waals surface area (Å²) in [5.74, 6) is 0.490. The SMILES string of the molecule is Cn1cnc(C(=O)N(Cc2ccc(F)c(-c3ccc(N4CCOCC4)nc3)c2)C2CCC2)c1. The molecule has 2 aliphatic rings. The number of morpholine rings is 1. The zero-order valence-corrected chi connectivity index (χ0v) is 18.8. The number of carbonyl (C=O) groups is 1. The van der Waals surface area contributed by atoms with Crippen molar-refractivity contribution in [2.75, 3.05) is 31.2 Å². The zero-order valence-electron chi connectivity index (χ0n) is 18.8. The van der Waals surface area contributed by atoms with E-state index in [2.05, 4.69) is 14.9 Å². The molecule has 7 nitrogen and oxygen atoms in total. The van der Waals surface area contributed by atoms with Crippen molar-refractivity contribution in [2.24, 2.45) is 7.05 Å². The second-order valence-electron chi connectivity index (χ2n) is 8.76. The second-order valence-corrected chi connectivity index (χ2v) is 8.76. The molecule has 1 saturated heterocycles. The molecule has 1 aliphatic carbocycles. The number of aromatic nitrogens is 3. The molecule has 0 radical (unpaired) electrons. The Morgan fingerprint density at radius 3 is 2.64 bits per heavy atom. The van der Waals surface area contributed by atoms with Gasteiger partial charge in [-0.05, 0) is 49.1 Å². The molecule has 2 aromatic heterocycles. The number of anilines is 1. The zero-order chi connectivity index (χ0) is 22.8. The number of ether oxygens (including phenoxy) is 1. The van der Waals surface area contributed by atoms with Crippen LogP contribution in [0.2, 0.25) is 0 Å². The Bertz CT molecular complexity index is 1120. The van der Waals surface area contributed by atoms with Gasteiger partial charge in [0.1, 0.15) is 17.3 Å². The fourth-order valence-corrected chi connectivity index (χ4v) is 4.35. The summed E-state index contributed by atoms with van der Waals surface area (Å²) in [6, 6.07) is 9.09. The number of benzene rings is 1. The normalized spacial score (nSPS) is 16.5. The molecule has 8 heteroatoms. The quantitative estimate of drug-likeness (QED) is 0.575. The molecule has 1 aliphatic heterocycles. The van der Waals surface area contributed by atoms with Crippen LogP contribution in [0.3, 0.4) is 0 Å². The average molecular weight is 450 g/mol. The van der Waals surface area contributed by atoms with E-state index in [9.17, 15) is 9.18 Å². The molecule has 1 aromatic carbocycles. The van der Waals surface area contributed by atoms with Crippen molar-refractivity contribution in [3.8, 4) is 11.1 Å². The summed E-state index contributed by atoms with van der Waals surface area (Å²) in [5, 5.41) is 0. The van der Waals surface area contributed by atoms with Gasteiger partial charge in [0.05, 0.1) is 19.5 Å². The molecule has 3 heterocycles. The molecule has 2 fully saturated rings. The van der Waals surface area contributed by atoms with Crippen LogP contribution in [0.25, 0.3) is 11.1 Å². The Kier molecular flexibility index (Phi) is 6.09. The molecule has 0 unspecified atom stereocenters. The lowest BCUT2D eigenvalue weighted by molar-refractivity contribution is 0.0551. The predicted octanol–water partition coefficient (Wildman–Crippen LogP) is 3.65. The first-order valence-corrected chi connectivity index (χ1v) is 11.4. The lowest BCUT2D eigenvalue weighted by Crippen LogP contribution is -2.43. The topological polar surface area (TPSA) is 63.5 Å². The maximum atomic E-state index is 14.8. The fourth-order valence-electron chi connectivity index (χ4n) is 4.35. The van der Waals surface area contributed by atoms with Crippen LogP contribution < -0.4 is 4.90 Å². The Balaban J connectivity index is 1.37. The minimum Gasteiger partial charge on any atom is -0.378 e. The minimum atomic E-state index is -0.300. The molecule has 0 atom stereocenters. The number of hydrogen-bond donors (Lipinski definition) is 0. The van der Waals surface area contributed by atoms with Gasteiger partial charge in [0.25, 0.3) is 5.91 Å². The molecular formula is C25H28FN5O2. The minimum absolute atomic E-state index is 0.0808. The largest absolute Gasteiger partial charge is 0.378 e. The van der Waals surface area contributed by atoms with E-state index in [4.69, 9.17) is 4.74 Å². The van der Waals surface area contributed by atoms with Crippen LogP contribution in [-0.4, -0.2) is 57.7 Å². The Morgan fingerprint density at radius 1 is 1.18 bits per heavy atom. The van der Waals surface area contributed by atoms with Crippen molar-refractivity contribution in [2.45, 2.75) is 31.8 Å². The fraction of sp³-hybridized carbons (Fsp3) is 0.400. The maximum absolute atomic E-state index is 14.8. The highest BCUT2D eigenvalue weighted by molar-refractivity contribution is 5.92. The molecule has 1 saturated carbocycles. The number of hydrogen-bond acceptors (Lipinski definition) is 5. The number of carbonyl (C=O) groups excluding carboxylic acids is 1. The van der Waals surface area contributed by atoms with Crippen LogP contribution in [-0.2, 0) is 18.3 Å². The molecule has 1 amide bonds.